The summed E-state index contributed by atoms with van der Waals surface area (Å²) in [5, 5.41) is 7.12. The maximum atomic E-state index is 11.9. The van der Waals surface area contributed by atoms with Crippen LogP contribution < -0.4 is 5.73 Å². The predicted molar refractivity (Wildman–Crippen MR) is 63.9 cm³/mol. The van der Waals surface area contributed by atoms with Gasteiger partial charge in [0.05, 0.1) is 0 Å². The Bertz CT molecular complexity index is 450. The molecule has 0 spiro atoms. The van der Waals surface area contributed by atoms with Gasteiger partial charge < -0.3 is 15.6 Å². The van der Waals surface area contributed by atoms with Gasteiger partial charge >= 0.3 is 18.1 Å². The van der Waals surface area contributed by atoms with E-state index >= 15 is 0 Å². The lowest BCUT2D eigenvalue weighted by molar-refractivity contribution is -0.192. The molecule has 0 saturated heterocycles. The highest BCUT2D eigenvalue weighted by molar-refractivity contribution is 5.75. The monoisotopic (exact) mass is 311 g/mol. The number of carbonyl (C=O) groups excluding carboxylic acids is 1. The molecule has 21 heavy (non-hydrogen) atoms. The number of hydrogen-bond acceptors (Lipinski definition) is 4. The van der Waals surface area contributed by atoms with Crippen molar-refractivity contribution in [1.82, 2.24) is 0 Å². The molecular formula is C12H13F4NO4. The first-order chi connectivity index (χ1) is 9.68. The van der Waals surface area contributed by atoms with Crippen LogP contribution in [0.25, 0.3) is 0 Å². The summed E-state index contributed by atoms with van der Waals surface area (Å²) < 4.78 is 48.4. The van der Waals surface area contributed by atoms with Crippen LogP contribution in [0, 0.1) is 0 Å². The Morgan fingerprint density at radius 2 is 1.71 bits per heavy atom. The summed E-state index contributed by atoms with van der Waals surface area (Å²) in [7, 11) is 0. The standard InChI is InChI=1S/C10H12FNO2.C2HF3O2/c11-6-9(12)10(13)14-7-8-4-2-1-3-5-8;3-2(4,5)1(6)7/h1-5,9H,6-7,12H2;(H,6,7)/t9-;/m1./s1. The minimum atomic E-state index is -5.08. The van der Waals surface area contributed by atoms with Gasteiger partial charge in [-0.15, -0.1) is 0 Å². The van der Waals surface area contributed by atoms with Crippen molar-refractivity contribution in [3.05, 3.63) is 35.9 Å². The van der Waals surface area contributed by atoms with Crippen molar-refractivity contribution in [3.8, 4) is 0 Å². The molecule has 0 fully saturated rings. The van der Waals surface area contributed by atoms with Crippen LogP contribution in [0.2, 0.25) is 0 Å². The number of ether oxygens (including phenoxy) is 1. The summed E-state index contributed by atoms with van der Waals surface area (Å²) in [6.07, 6.45) is -5.08. The van der Waals surface area contributed by atoms with Crippen molar-refractivity contribution in [2.45, 2.75) is 18.8 Å². The van der Waals surface area contributed by atoms with E-state index < -0.39 is 30.8 Å². The highest BCUT2D eigenvalue weighted by Gasteiger charge is 2.38. The Hall–Kier alpha value is -2.16. The summed E-state index contributed by atoms with van der Waals surface area (Å²) >= 11 is 0. The van der Waals surface area contributed by atoms with E-state index in [0.717, 1.165) is 5.56 Å². The smallest absolute Gasteiger partial charge is 0.475 e. The zero-order chi connectivity index (χ0) is 16.5. The lowest BCUT2D eigenvalue weighted by Gasteiger charge is -2.07. The van der Waals surface area contributed by atoms with Crippen LogP contribution in [0.5, 0.6) is 0 Å². The molecule has 0 aliphatic heterocycles. The molecular weight excluding hydrogens is 298 g/mol. The lowest BCUT2D eigenvalue weighted by atomic mass is 10.2. The number of benzene rings is 1. The zero-order valence-electron chi connectivity index (χ0n) is 10.6. The minimum absolute atomic E-state index is 0.132. The average molecular weight is 311 g/mol. The van der Waals surface area contributed by atoms with Crippen LogP contribution in [0.3, 0.4) is 0 Å². The molecule has 0 radical (unpaired) electrons. The van der Waals surface area contributed by atoms with Gasteiger partial charge in [0.25, 0.3) is 0 Å². The van der Waals surface area contributed by atoms with E-state index in [0.29, 0.717) is 0 Å². The van der Waals surface area contributed by atoms with Gasteiger partial charge in [-0.2, -0.15) is 13.2 Å². The van der Waals surface area contributed by atoms with E-state index in [1.807, 2.05) is 30.3 Å². The number of hydrogen-bond donors (Lipinski definition) is 2. The molecule has 0 unspecified atom stereocenters. The summed E-state index contributed by atoms with van der Waals surface area (Å²) in [5.41, 5.74) is 5.98. The van der Waals surface area contributed by atoms with Crippen molar-refractivity contribution < 1.29 is 37.0 Å². The number of halogens is 4. The predicted octanol–water partition coefficient (Wildman–Crippen LogP) is 1.66. The third kappa shape index (κ3) is 8.58. The maximum absolute atomic E-state index is 11.9. The van der Waals surface area contributed by atoms with Crippen LogP contribution in [-0.2, 0) is 20.9 Å². The van der Waals surface area contributed by atoms with Gasteiger partial charge in [0.1, 0.15) is 19.3 Å². The second-order valence-corrected chi connectivity index (χ2v) is 3.66. The van der Waals surface area contributed by atoms with Gasteiger partial charge in [0.2, 0.25) is 0 Å². The lowest BCUT2D eigenvalue weighted by Crippen LogP contribution is -2.34. The molecule has 5 nitrogen and oxygen atoms in total. The topological polar surface area (TPSA) is 89.6 Å². The SMILES string of the molecule is N[C@H](CF)C(=O)OCc1ccccc1.O=C(O)C(F)(F)F. The fourth-order valence-electron chi connectivity index (χ4n) is 0.899. The second-order valence-electron chi connectivity index (χ2n) is 3.66. The normalized spacial score (nSPS) is 11.9. The van der Waals surface area contributed by atoms with E-state index in [4.69, 9.17) is 20.4 Å². The Balaban J connectivity index is 0.000000486. The number of carboxylic acid groups (broad SMARTS) is 1. The van der Waals surface area contributed by atoms with Crippen LogP contribution in [0.15, 0.2) is 30.3 Å². The molecule has 0 aliphatic rings. The maximum Gasteiger partial charge on any atom is 0.490 e. The number of rotatable bonds is 4. The largest absolute Gasteiger partial charge is 0.490 e. The Morgan fingerprint density at radius 3 is 2.10 bits per heavy atom. The van der Waals surface area contributed by atoms with Gasteiger partial charge in [-0.25, -0.2) is 9.18 Å². The number of carbonyl (C=O) groups is 2. The van der Waals surface area contributed by atoms with E-state index in [1.165, 1.54) is 0 Å². The number of alkyl halides is 4. The first kappa shape index (κ1) is 18.8. The first-order valence-electron chi connectivity index (χ1n) is 5.50. The Labute approximate surface area is 117 Å². The third-order valence-corrected chi connectivity index (χ3v) is 1.94. The van der Waals surface area contributed by atoms with E-state index in [-0.39, 0.29) is 6.61 Å². The number of esters is 1. The average Bonchev–Trinajstić information content (AvgIpc) is 2.44. The van der Waals surface area contributed by atoms with Crippen LogP contribution in [-0.4, -0.2) is 35.9 Å². The van der Waals surface area contributed by atoms with Crippen molar-refractivity contribution >= 4 is 11.9 Å². The van der Waals surface area contributed by atoms with E-state index in [2.05, 4.69) is 0 Å². The highest BCUT2D eigenvalue weighted by Crippen LogP contribution is 2.13. The fraction of sp³-hybridized carbons (Fsp3) is 0.333. The summed E-state index contributed by atoms with van der Waals surface area (Å²) in [6.45, 7) is -0.763. The van der Waals surface area contributed by atoms with Gasteiger partial charge in [0.15, 0.2) is 0 Å². The molecule has 0 bridgehead atoms. The fourth-order valence-corrected chi connectivity index (χ4v) is 0.899. The summed E-state index contributed by atoms with van der Waals surface area (Å²) in [4.78, 5) is 19.9. The van der Waals surface area contributed by atoms with E-state index in [9.17, 15) is 22.4 Å². The van der Waals surface area contributed by atoms with Crippen molar-refractivity contribution in [2.24, 2.45) is 5.73 Å². The molecule has 1 aromatic rings. The van der Waals surface area contributed by atoms with Crippen molar-refractivity contribution in [1.29, 1.82) is 0 Å². The van der Waals surface area contributed by atoms with Gasteiger partial charge in [-0.3, -0.25) is 4.79 Å². The molecule has 118 valence electrons. The van der Waals surface area contributed by atoms with Gasteiger partial charge in [-0.1, -0.05) is 30.3 Å². The molecule has 0 saturated carbocycles. The minimum Gasteiger partial charge on any atom is -0.475 e. The van der Waals surface area contributed by atoms with Crippen molar-refractivity contribution in [3.63, 3.8) is 0 Å². The highest BCUT2D eigenvalue weighted by atomic mass is 19.4. The summed E-state index contributed by atoms with van der Waals surface area (Å²) in [6, 6.07) is 7.98. The Morgan fingerprint density at radius 1 is 1.24 bits per heavy atom. The quantitative estimate of drug-likeness (QED) is 0.652. The molecule has 0 aliphatic carbocycles. The summed E-state index contributed by atoms with van der Waals surface area (Å²) in [5.74, 6) is -3.47. The van der Waals surface area contributed by atoms with Crippen LogP contribution in [0.4, 0.5) is 17.6 Å². The first-order valence-corrected chi connectivity index (χ1v) is 5.50. The number of aliphatic carboxylic acids is 1. The van der Waals surface area contributed by atoms with Crippen LogP contribution in [0.1, 0.15) is 5.56 Å². The third-order valence-electron chi connectivity index (χ3n) is 1.94. The molecule has 9 heteroatoms. The molecule has 3 N–H and O–H groups in total. The van der Waals surface area contributed by atoms with E-state index in [1.54, 1.807) is 0 Å². The van der Waals surface area contributed by atoms with Gasteiger partial charge in [0, 0.05) is 0 Å². The molecule has 1 aromatic carbocycles. The number of carboxylic acids is 1. The second kappa shape index (κ2) is 8.90. The van der Waals surface area contributed by atoms with Crippen molar-refractivity contribution in [2.75, 3.05) is 6.67 Å². The zero-order valence-corrected chi connectivity index (χ0v) is 10.6. The molecule has 0 aromatic heterocycles. The Kier molecular flexibility index (Phi) is 7.99. The van der Waals surface area contributed by atoms with Crippen LogP contribution >= 0.6 is 0 Å². The number of nitrogens with two attached hydrogens (primary N) is 1. The molecule has 0 amide bonds. The molecule has 1 atom stereocenters. The van der Waals surface area contributed by atoms with Gasteiger partial charge in [-0.05, 0) is 5.56 Å². The molecule has 1 rings (SSSR count). The molecule has 0 heterocycles.